The van der Waals surface area contributed by atoms with Crippen LogP contribution >= 0.6 is 11.3 Å². The van der Waals surface area contributed by atoms with Crippen LogP contribution in [0.1, 0.15) is 29.7 Å². The molecule has 2 heterocycles. The molecule has 0 bridgehead atoms. The number of hydrogen-bond acceptors (Lipinski definition) is 10. The number of amides is 2. The first-order chi connectivity index (χ1) is 17.6. The van der Waals surface area contributed by atoms with Gasteiger partial charge in [-0.15, -0.1) is 11.3 Å². The van der Waals surface area contributed by atoms with Crippen molar-refractivity contribution in [1.29, 1.82) is 0 Å². The Morgan fingerprint density at radius 2 is 1.92 bits per heavy atom. The van der Waals surface area contributed by atoms with Crippen molar-refractivity contribution in [2.24, 2.45) is 5.16 Å². The van der Waals surface area contributed by atoms with Crippen molar-refractivity contribution in [3.63, 3.8) is 0 Å². The topological polar surface area (TPSA) is 130 Å². The van der Waals surface area contributed by atoms with Crippen molar-refractivity contribution in [3.8, 4) is 0 Å². The van der Waals surface area contributed by atoms with E-state index < -0.39 is 15.7 Å². The molecule has 2 aliphatic rings. The molecule has 1 saturated carbocycles. The van der Waals surface area contributed by atoms with Gasteiger partial charge in [0.15, 0.2) is 26.8 Å². The minimum atomic E-state index is -3.35. The number of ether oxygens (including phenoxy) is 1. The maximum Gasteiger partial charge on any atom is 0.280 e. The van der Waals surface area contributed by atoms with Crippen LogP contribution in [0, 0.1) is 0 Å². The number of hydrogen-bond donors (Lipinski definition) is 1. The van der Waals surface area contributed by atoms with Crippen LogP contribution in [-0.4, -0.2) is 93.0 Å². The van der Waals surface area contributed by atoms with Crippen LogP contribution in [0.4, 0.5) is 5.13 Å². The molecule has 1 aliphatic carbocycles. The fraction of sp³-hybridized carbons (Fsp3) is 0.500. The number of rotatable bonds is 11. The molecule has 2 amide bonds. The van der Waals surface area contributed by atoms with E-state index in [0.717, 1.165) is 4.88 Å². The zero-order valence-corrected chi connectivity index (χ0v) is 22.7. The maximum atomic E-state index is 13.2. The predicted octanol–water partition coefficient (Wildman–Crippen LogP) is 1.75. The van der Waals surface area contributed by atoms with Crippen LogP contribution in [0.15, 0.2) is 40.5 Å². The molecule has 1 aliphatic heterocycles. The summed E-state index contributed by atoms with van der Waals surface area (Å²) in [6.45, 7) is 1.70. The molecule has 13 heteroatoms. The Labute approximate surface area is 220 Å². The van der Waals surface area contributed by atoms with E-state index in [4.69, 9.17) is 9.57 Å². The second-order valence-electron chi connectivity index (χ2n) is 9.35. The molecule has 1 atom stereocenters. The van der Waals surface area contributed by atoms with Gasteiger partial charge >= 0.3 is 0 Å². The monoisotopic (exact) mass is 549 g/mol. The number of carbonyl (C=O) groups excluding carboxylic acids is 2. The van der Waals surface area contributed by atoms with Crippen molar-refractivity contribution in [3.05, 3.63) is 40.9 Å². The van der Waals surface area contributed by atoms with E-state index in [1.807, 2.05) is 11.9 Å². The lowest BCUT2D eigenvalue weighted by molar-refractivity contribution is -0.129. The number of nitrogens with one attached hydrogen (secondary N) is 1. The van der Waals surface area contributed by atoms with Crippen molar-refractivity contribution >= 4 is 43.8 Å². The molecule has 200 valence electrons. The lowest BCUT2D eigenvalue weighted by atomic mass is 10.1. The number of nitrogens with zero attached hydrogens (tertiary/aromatic N) is 4. The lowest BCUT2D eigenvalue weighted by Crippen LogP contribution is -2.33. The minimum Gasteiger partial charge on any atom is -0.389 e. The Bertz CT molecular complexity index is 1250. The second-order valence-corrected chi connectivity index (χ2v) is 12.7. The molecule has 0 spiro atoms. The van der Waals surface area contributed by atoms with Crippen LogP contribution in [-0.2, 0) is 35.5 Å². The summed E-state index contributed by atoms with van der Waals surface area (Å²) in [6.07, 6.45) is 3.40. The molecule has 1 saturated heterocycles. The molecular weight excluding hydrogens is 518 g/mol. The quantitative estimate of drug-likeness (QED) is 0.331. The Kier molecular flexibility index (Phi) is 8.57. The highest BCUT2D eigenvalue weighted by atomic mass is 32.2. The van der Waals surface area contributed by atoms with Crippen LogP contribution in [0.3, 0.4) is 0 Å². The highest BCUT2D eigenvalue weighted by Gasteiger charge is 2.36. The summed E-state index contributed by atoms with van der Waals surface area (Å²) < 4.78 is 30.4. The summed E-state index contributed by atoms with van der Waals surface area (Å²) in [6, 6.07) is 6.12. The molecule has 0 radical (unpaired) electrons. The third-order valence-corrected chi connectivity index (χ3v) is 9.10. The summed E-state index contributed by atoms with van der Waals surface area (Å²) >= 11 is 1.29. The summed E-state index contributed by atoms with van der Waals surface area (Å²) in [5, 5.41) is 6.93. The number of aromatic nitrogens is 1. The smallest absolute Gasteiger partial charge is 0.280 e. The van der Waals surface area contributed by atoms with Gasteiger partial charge in [0.1, 0.15) is 0 Å². The van der Waals surface area contributed by atoms with Gasteiger partial charge in [0.25, 0.3) is 5.91 Å². The predicted molar refractivity (Wildman–Crippen MR) is 139 cm³/mol. The fourth-order valence-corrected chi connectivity index (χ4v) is 6.16. The first-order valence-electron chi connectivity index (χ1n) is 11.9. The number of benzene rings is 1. The number of carbonyl (C=O) groups is 2. The first kappa shape index (κ1) is 27.2. The van der Waals surface area contributed by atoms with Crippen molar-refractivity contribution < 1.29 is 27.6 Å². The molecule has 2 aromatic rings. The molecule has 1 aromatic carbocycles. The van der Waals surface area contributed by atoms with Crippen LogP contribution in [0.2, 0.25) is 0 Å². The van der Waals surface area contributed by atoms with E-state index in [9.17, 15) is 18.0 Å². The van der Waals surface area contributed by atoms with E-state index in [1.54, 1.807) is 32.4 Å². The van der Waals surface area contributed by atoms with Gasteiger partial charge in [0.2, 0.25) is 5.91 Å². The van der Waals surface area contributed by atoms with Gasteiger partial charge in [0, 0.05) is 43.7 Å². The number of likely N-dealkylation sites (N-methyl/N-ethyl adjacent to an activating group) is 2. The SMILES string of the molecule is CN(CC(=O)N(C)C)Cc1cnc(NC(=O)/C(=N/O[C@@H]2CCOC2)c2ccc(S(=O)(=O)C3CC3)cc2)s1. The summed E-state index contributed by atoms with van der Waals surface area (Å²) in [5.74, 6) is -0.543. The highest BCUT2D eigenvalue weighted by molar-refractivity contribution is 7.92. The zero-order chi connectivity index (χ0) is 26.6. The summed E-state index contributed by atoms with van der Waals surface area (Å²) in [7, 11) is 1.90. The molecule has 0 unspecified atom stereocenters. The third-order valence-electron chi connectivity index (χ3n) is 5.92. The average Bonchev–Trinajstić information content (AvgIpc) is 3.44. The van der Waals surface area contributed by atoms with Crippen molar-refractivity contribution in [1.82, 2.24) is 14.8 Å². The van der Waals surface area contributed by atoms with Gasteiger partial charge in [0.05, 0.1) is 29.9 Å². The number of sulfone groups is 1. The van der Waals surface area contributed by atoms with E-state index in [0.29, 0.717) is 49.7 Å². The molecule has 11 nitrogen and oxygen atoms in total. The van der Waals surface area contributed by atoms with Gasteiger partial charge < -0.3 is 14.5 Å². The largest absolute Gasteiger partial charge is 0.389 e. The van der Waals surface area contributed by atoms with Gasteiger partial charge in [-0.05, 0) is 32.0 Å². The van der Waals surface area contributed by atoms with E-state index in [2.05, 4.69) is 15.5 Å². The summed E-state index contributed by atoms with van der Waals surface area (Å²) in [5.41, 5.74) is 0.428. The van der Waals surface area contributed by atoms with Crippen LogP contribution in [0.5, 0.6) is 0 Å². The van der Waals surface area contributed by atoms with Gasteiger partial charge in [-0.3, -0.25) is 19.8 Å². The Hall–Kier alpha value is -2.87. The van der Waals surface area contributed by atoms with Gasteiger partial charge in [-0.25, -0.2) is 13.4 Å². The summed E-state index contributed by atoms with van der Waals surface area (Å²) in [4.78, 5) is 39.5. The van der Waals surface area contributed by atoms with E-state index in [1.165, 1.54) is 28.4 Å². The Morgan fingerprint density at radius 3 is 2.54 bits per heavy atom. The molecular formula is C24H31N5O6S2. The average molecular weight is 550 g/mol. The minimum absolute atomic E-state index is 0.00715. The Balaban J connectivity index is 1.47. The number of oxime groups is 1. The van der Waals surface area contributed by atoms with Gasteiger partial charge in [-0.1, -0.05) is 17.3 Å². The molecule has 1 N–H and O–H groups in total. The number of anilines is 1. The second kappa shape index (κ2) is 11.7. The van der Waals surface area contributed by atoms with Crippen molar-refractivity contribution in [2.45, 2.75) is 42.1 Å². The van der Waals surface area contributed by atoms with Crippen LogP contribution in [0.25, 0.3) is 0 Å². The Morgan fingerprint density at radius 1 is 1.19 bits per heavy atom. The standard InChI is InChI=1S/C24H31N5O6S2/c1-28(2)21(30)14-29(3)13-18-12-25-24(36-18)26-23(31)22(27-35-17-10-11-34-15-17)16-4-6-19(7-5-16)37(32,33)20-8-9-20/h4-7,12,17,20H,8-11,13-15H2,1-3H3,(H,25,26,31)/b27-22+/t17-/m1/s1. The van der Waals surface area contributed by atoms with Crippen LogP contribution < -0.4 is 5.32 Å². The number of thiazole rings is 1. The normalized spacial score (nSPS) is 18.2. The molecule has 1 aromatic heterocycles. The third kappa shape index (κ3) is 7.12. The maximum absolute atomic E-state index is 13.2. The molecule has 37 heavy (non-hydrogen) atoms. The van der Waals surface area contributed by atoms with E-state index in [-0.39, 0.29) is 34.4 Å². The van der Waals surface area contributed by atoms with E-state index >= 15 is 0 Å². The fourth-order valence-electron chi connectivity index (χ4n) is 3.61. The van der Waals surface area contributed by atoms with Gasteiger partial charge in [-0.2, -0.15) is 0 Å². The molecule has 2 fully saturated rings. The lowest BCUT2D eigenvalue weighted by Gasteiger charge is -2.17. The molecule has 4 rings (SSSR count). The zero-order valence-electron chi connectivity index (χ0n) is 21.0. The van der Waals surface area contributed by atoms with Crippen molar-refractivity contribution in [2.75, 3.05) is 46.2 Å². The first-order valence-corrected chi connectivity index (χ1v) is 14.3. The highest BCUT2D eigenvalue weighted by Crippen LogP contribution is 2.33.